The maximum atomic E-state index is 11.5. The van der Waals surface area contributed by atoms with E-state index in [-0.39, 0.29) is 25.6 Å². The lowest BCUT2D eigenvalue weighted by Gasteiger charge is -2.24. The predicted molar refractivity (Wildman–Crippen MR) is 63.2 cm³/mol. The van der Waals surface area contributed by atoms with Crippen LogP contribution in [0, 0.1) is 11.3 Å². The molecule has 3 N–H and O–H groups in total. The van der Waals surface area contributed by atoms with Crippen LogP contribution in [0.15, 0.2) is 0 Å². The van der Waals surface area contributed by atoms with Crippen LogP contribution in [0.1, 0.15) is 12.8 Å². The van der Waals surface area contributed by atoms with E-state index in [1.807, 2.05) is 11.0 Å². The van der Waals surface area contributed by atoms with Gasteiger partial charge in [-0.2, -0.15) is 5.26 Å². The molecule has 0 aromatic carbocycles. The first kappa shape index (κ1) is 13.9. The van der Waals surface area contributed by atoms with Crippen molar-refractivity contribution < 1.29 is 9.90 Å². The minimum Gasteiger partial charge on any atom is -0.395 e. The van der Waals surface area contributed by atoms with Crippen LogP contribution >= 0.6 is 0 Å². The number of carbonyl (C=O) groups is 1. The molecule has 96 valence electrons. The maximum Gasteiger partial charge on any atom is 0.235 e. The molecule has 1 unspecified atom stereocenters. The number of hydrogen-bond donors (Lipinski definition) is 3. The Morgan fingerprint density at radius 2 is 2.47 bits per heavy atom. The van der Waals surface area contributed by atoms with Gasteiger partial charge in [-0.15, -0.1) is 0 Å². The van der Waals surface area contributed by atoms with E-state index in [0.717, 1.165) is 25.9 Å². The average Bonchev–Trinajstić information content (AvgIpc) is 2.79. The fourth-order valence-corrected chi connectivity index (χ4v) is 2.00. The first-order valence-corrected chi connectivity index (χ1v) is 5.96. The highest BCUT2D eigenvalue weighted by molar-refractivity contribution is 5.78. The molecule has 1 aliphatic heterocycles. The zero-order chi connectivity index (χ0) is 12.5. The molecule has 0 radical (unpaired) electrons. The van der Waals surface area contributed by atoms with E-state index in [1.54, 1.807) is 0 Å². The zero-order valence-corrected chi connectivity index (χ0v) is 9.98. The summed E-state index contributed by atoms with van der Waals surface area (Å²) >= 11 is 0. The number of nitrogens with one attached hydrogen (secondary N) is 2. The van der Waals surface area contributed by atoms with Crippen LogP contribution < -0.4 is 10.6 Å². The van der Waals surface area contributed by atoms with Crippen molar-refractivity contribution in [3.05, 3.63) is 0 Å². The molecule has 17 heavy (non-hydrogen) atoms. The molecule has 1 amide bonds. The van der Waals surface area contributed by atoms with Crippen LogP contribution in [-0.4, -0.2) is 61.3 Å². The van der Waals surface area contributed by atoms with Gasteiger partial charge in [0.1, 0.15) is 6.54 Å². The van der Waals surface area contributed by atoms with Crippen LogP contribution in [0.25, 0.3) is 0 Å². The standard InChI is InChI=1S/C11H20N4O2/c12-3-5-14-11(17)9-15(6-7-16)8-10-2-1-4-13-10/h10,13,16H,1-2,4-9H2,(H,14,17). The number of carbonyl (C=O) groups excluding carboxylic acids is 1. The first-order chi connectivity index (χ1) is 8.26. The molecule has 0 aromatic heterocycles. The van der Waals surface area contributed by atoms with Crippen molar-refractivity contribution in [2.45, 2.75) is 18.9 Å². The van der Waals surface area contributed by atoms with Crippen LogP contribution in [-0.2, 0) is 4.79 Å². The van der Waals surface area contributed by atoms with Gasteiger partial charge in [-0.25, -0.2) is 0 Å². The van der Waals surface area contributed by atoms with Crippen molar-refractivity contribution in [1.82, 2.24) is 15.5 Å². The predicted octanol–water partition coefficient (Wildman–Crippen LogP) is -1.33. The molecule has 0 aliphatic carbocycles. The minimum absolute atomic E-state index is 0.0352. The largest absolute Gasteiger partial charge is 0.395 e. The molecule has 1 fully saturated rings. The Kier molecular flexibility index (Phi) is 6.55. The molecule has 1 atom stereocenters. The highest BCUT2D eigenvalue weighted by Crippen LogP contribution is 2.06. The zero-order valence-electron chi connectivity index (χ0n) is 9.98. The summed E-state index contributed by atoms with van der Waals surface area (Å²) in [5.41, 5.74) is 0. The number of hydrogen-bond acceptors (Lipinski definition) is 5. The number of aliphatic hydroxyl groups excluding tert-OH is 1. The van der Waals surface area contributed by atoms with Crippen molar-refractivity contribution in [3.63, 3.8) is 0 Å². The lowest BCUT2D eigenvalue weighted by atomic mass is 10.2. The summed E-state index contributed by atoms with van der Waals surface area (Å²) in [5.74, 6) is -0.169. The summed E-state index contributed by atoms with van der Waals surface area (Å²) in [6.07, 6.45) is 2.28. The van der Waals surface area contributed by atoms with E-state index in [9.17, 15) is 4.79 Å². The van der Waals surface area contributed by atoms with Crippen molar-refractivity contribution in [2.75, 3.05) is 39.3 Å². The van der Waals surface area contributed by atoms with Gasteiger partial charge in [-0.1, -0.05) is 0 Å². The SMILES string of the molecule is N#CCNC(=O)CN(CCO)CC1CCCN1. The topological polar surface area (TPSA) is 88.4 Å². The van der Waals surface area contributed by atoms with Gasteiger partial charge >= 0.3 is 0 Å². The third kappa shape index (κ3) is 5.63. The molecule has 0 spiro atoms. The summed E-state index contributed by atoms with van der Waals surface area (Å²) in [6, 6.07) is 2.27. The van der Waals surface area contributed by atoms with Crippen molar-refractivity contribution in [3.8, 4) is 6.07 Å². The first-order valence-electron chi connectivity index (χ1n) is 5.96. The van der Waals surface area contributed by atoms with Crippen LogP contribution in [0.4, 0.5) is 0 Å². The third-order valence-electron chi connectivity index (χ3n) is 2.79. The Labute approximate surface area is 102 Å². The molecule has 0 bridgehead atoms. The van der Waals surface area contributed by atoms with Gasteiger partial charge in [-0.05, 0) is 19.4 Å². The van der Waals surface area contributed by atoms with Gasteiger partial charge in [0.15, 0.2) is 0 Å². The average molecular weight is 240 g/mol. The monoisotopic (exact) mass is 240 g/mol. The van der Waals surface area contributed by atoms with E-state index in [4.69, 9.17) is 10.4 Å². The number of nitrogens with zero attached hydrogens (tertiary/aromatic N) is 2. The van der Waals surface area contributed by atoms with Crippen molar-refractivity contribution in [1.29, 1.82) is 5.26 Å². The fourth-order valence-electron chi connectivity index (χ4n) is 2.00. The summed E-state index contributed by atoms with van der Waals surface area (Å²) in [7, 11) is 0. The highest BCUT2D eigenvalue weighted by Gasteiger charge is 2.19. The van der Waals surface area contributed by atoms with Gasteiger partial charge in [0.2, 0.25) is 5.91 Å². The van der Waals surface area contributed by atoms with Crippen molar-refractivity contribution >= 4 is 5.91 Å². The van der Waals surface area contributed by atoms with Crippen LogP contribution in [0.5, 0.6) is 0 Å². The van der Waals surface area contributed by atoms with E-state index in [0.29, 0.717) is 12.6 Å². The molecule has 1 heterocycles. The second-order valence-electron chi connectivity index (χ2n) is 4.19. The molecular formula is C11H20N4O2. The summed E-state index contributed by atoms with van der Waals surface area (Å²) < 4.78 is 0. The quantitative estimate of drug-likeness (QED) is 0.480. The normalized spacial score (nSPS) is 19.2. The van der Waals surface area contributed by atoms with Crippen molar-refractivity contribution in [2.24, 2.45) is 0 Å². The highest BCUT2D eigenvalue weighted by atomic mass is 16.3. The second-order valence-corrected chi connectivity index (χ2v) is 4.19. The summed E-state index contributed by atoms with van der Waals surface area (Å²) in [5, 5.41) is 23.2. The van der Waals surface area contributed by atoms with Gasteiger partial charge in [0, 0.05) is 19.1 Å². The summed E-state index contributed by atoms with van der Waals surface area (Å²) in [4.78, 5) is 13.4. The van der Waals surface area contributed by atoms with E-state index >= 15 is 0 Å². The Morgan fingerprint density at radius 3 is 3.06 bits per heavy atom. The molecule has 6 heteroatoms. The Hall–Kier alpha value is -1.16. The molecule has 0 aromatic rings. The fraction of sp³-hybridized carbons (Fsp3) is 0.818. The number of rotatable bonds is 7. The molecule has 1 rings (SSSR count). The van der Waals surface area contributed by atoms with Gasteiger partial charge in [0.05, 0.1) is 19.2 Å². The number of amides is 1. The Balaban J connectivity index is 2.31. The number of aliphatic hydroxyl groups is 1. The summed E-state index contributed by atoms with van der Waals surface area (Å²) in [6.45, 7) is 2.59. The van der Waals surface area contributed by atoms with Gasteiger partial charge in [-0.3, -0.25) is 9.69 Å². The lowest BCUT2D eigenvalue weighted by molar-refractivity contribution is -0.122. The van der Waals surface area contributed by atoms with E-state index in [2.05, 4.69) is 10.6 Å². The van der Waals surface area contributed by atoms with Gasteiger partial charge in [0.25, 0.3) is 0 Å². The third-order valence-corrected chi connectivity index (χ3v) is 2.79. The minimum atomic E-state index is -0.169. The molecule has 1 aliphatic rings. The van der Waals surface area contributed by atoms with Gasteiger partial charge < -0.3 is 15.7 Å². The Bertz CT molecular complexity index is 271. The van der Waals surface area contributed by atoms with E-state index in [1.165, 1.54) is 0 Å². The molecule has 6 nitrogen and oxygen atoms in total. The molecule has 1 saturated heterocycles. The maximum absolute atomic E-state index is 11.5. The Morgan fingerprint density at radius 1 is 1.65 bits per heavy atom. The van der Waals surface area contributed by atoms with E-state index < -0.39 is 0 Å². The lowest BCUT2D eigenvalue weighted by Crippen LogP contribution is -2.44. The molecule has 0 saturated carbocycles. The smallest absolute Gasteiger partial charge is 0.235 e. The number of nitriles is 1. The second kappa shape index (κ2) is 8.01. The van der Waals surface area contributed by atoms with Crippen LogP contribution in [0.3, 0.4) is 0 Å². The van der Waals surface area contributed by atoms with Crippen LogP contribution in [0.2, 0.25) is 0 Å². The molecular weight excluding hydrogens is 220 g/mol.